The fraction of sp³-hybridized carbons (Fsp3) is 0.0455. The summed E-state index contributed by atoms with van der Waals surface area (Å²) in [6, 6.07) is 24.1. The normalized spacial score (nSPS) is 10.6. The highest BCUT2D eigenvalue weighted by atomic mass is 16.5. The molecule has 0 aliphatic rings. The summed E-state index contributed by atoms with van der Waals surface area (Å²) in [7, 11) is 1.35. The van der Waals surface area contributed by atoms with Gasteiger partial charge in [-0.2, -0.15) is 0 Å². The Morgan fingerprint density at radius 2 is 1.41 bits per heavy atom. The topological polar surface area (TPSA) is 61.3 Å². The minimum Gasteiger partial charge on any atom is -0.465 e. The SMILES string of the molecule is COC(=O)c1ccc(Oc2nc3ccccc3nc2-c2ccccc2)cc1. The number of carbonyl (C=O) groups excluding carboxylic acids is 1. The molecule has 1 aromatic heterocycles. The van der Waals surface area contributed by atoms with Crippen LogP contribution in [0.25, 0.3) is 22.3 Å². The highest BCUT2D eigenvalue weighted by Crippen LogP contribution is 2.32. The molecule has 0 saturated heterocycles. The van der Waals surface area contributed by atoms with Crippen LogP contribution >= 0.6 is 0 Å². The second-order valence-electron chi connectivity index (χ2n) is 5.85. The number of aromatic nitrogens is 2. The second-order valence-corrected chi connectivity index (χ2v) is 5.85. The third-order valence-electron chi connectivity index (χ3n) is 4.08. The first kappa shape index (κ1) is 16.7. The quantitative estimate of drug-likeness (QED) is 0.488. The maximum atomic E-state index is 11.6. The molecule has 0 radical (unpaired) electrons. The van der Waals surface area contributed by atoms with Gasteiger partial charge in [-0.1, -0.05) is 42.5 Å². The molecule has 5 heteroatoms. The lowest BCUT2D eigenvalue weighted by Gasteiger charge is -2.11. The zero-order valence-corrected chi connectivity index (χ0v) is 14.6. The molecule has 0 amide bonds. The van der Waals surface area contributed by atoms with E-state index in [9.17, 15) is 4.79 Å². The lowest BCUT2D eigenvalue weighted by atomic mass is 10.1. The molecule has 0 N–H and O–H groups in total. The minimum absolute atomic E-state index is 0.392. The van der Waals surface area contributed by atoms with Gasteiger partial charge in [0.1, 0.15) is 11.4 Å². The maximum absolute atomic E-state index is 11.6. The zero-order valence-electron chi connectivity index (χ0n) is 14.6. The summed E-state index contributed by atoms with van der Waals surface area (Å²) in [5.74, 6) is 0.576. The number of methoxy groups -OCH3 is 1. The highest BCUT2D eigenvalue weighted by Gasteiger charge is 2.14. The van der Waals surface area contributed by atoms with Crippen molar-refractivity contribution in [2.24, 2.45) is 0 Å². The summed E-state index contributed by atoms with van der Waals surface area (Å²) in [6.45, 7) is 0. The largest absolute Gasteiger partial charge is 0.465 e. The van der Waals surface area contributed by atoms with Crippen LogP contribution in [0.5, 0.6) is 11.6 Å². The minimum atomic E-state index is -0.392. The molecule has 3 aromatic carbocycles. The van der Waals surface area contributed by atoms with Crippen LogP contribution in [0.3, 0.4) is 0 Å². The van der Waals surface area contributed by atoms with Gasteiger partial charge < -0.3 is 9.47 Å². The molecule has 0 aliphatic heterocycles. The van der Waals surface area contributed by atoms with E-state index < -0.39 is 5.97 Å². The van der Waals surface area contributed by atoms with Gasteiger partial charge in [0.05, 0.1) is 23.7 Å². The van der Waals surface area contributed by atoms with E-state index in [1.807, 2.05) is 54.6 Å². The molecule has 4 rings (SSSR count). The predicted octanol–water partition coefficient (Wildman–Crippen LogP) is 4.88. The Morgan fingerprint density at radius 3 is 2.07 bits per heavy atom. The van der Waals surface area contributed by atoms with Crippen LogP contribution in [0, 0.1) is 0 Å². The Morgan fingerprint density at radius 1 is 0.778 bits per heavy atom. The van der Waals surface area contributed by atoms with E-state index in [4.69, 9.17) is 14.5 Å². The van der Waals surface area contributed by atoms with E-state index in [0.717, 1.165) is 16.6 Å². The van der Waals surface area contributed by atoms with Gasteiger partial charge in [0.15, 0.2) is 0 Å². The number of rotatable bonds is 4. The van der Waals surface area contributed by atoms with E-state index in [1.165, 1.54) is 7.11 Å². The smallest absolute Gasteiger partial charge is 0.337 e. The molecule has 132 valence electrons. The monoisotopic (exact) mass is 356 g/mol. The fourth-order valence-corrected chi connectivity index (χ4v) is 2.73. The number of benzene rings is 3. The summed E-state index contributed by atoms with van der Waals surface area (Å²) < 4.78 is 10.7. The molecule has 0 saturated carbocycles. The standard InChI is InChI=1S/C22H16N2O3/c1-26-22(25)16-11-13-17(14-12-16)27-21-20(15-7-3-2-4-8-15)23-18-9-5-6-10-19(18)24-21/h2-14H,1H3. The Labute approximate surface area is 156 Å². The number of fused-ring (bicyclic) bond motifs is 1. The van der Waals surface area contributed by atoms with Crippen molar-refractivity contribution in [3.05, 3.63) is 84.4 Å². The third kappa shape index (κ3) is 3.48. The number of ether oxygens (including phenoxy) is 2. The van der Waals surface area contributed by atoms with Gasteiger partial charge in [-0.15, -0.1) is 0 Å². The van der Waals surface area contributed by atoms with Crippen molar-refractivity contribution in [2.75, 3.05) is 7.11 Å². The number of hydrogen-bond acceptors (Lipinski definition) is 5. The number of esters is 1. The van der Waals surface area contributed by atoms with Crippen LogP contribution in [-0.2, 0) is 4.74 Å². The molecule has 0 fully saturated rings. The van der Waals surface area contributed by atoms with Crippen LogP contribution in [0.15, 0.2) is 78.9 Å². The van der Waals surface area contributed by atoms with E-state index in [2.05, 4.69) is 4.98 Å². The molecule has 0 aliphatic carbocycles. The average Bonchev–Trinajstić information content (AvgIpc) is 2.74. The van der Waals surface area contributed by atoms with Crippen LogP contribution in [0.4, 0.5) is 0 Å². The van der Waals surface area contributed by atoms with Crippen molar-refractivity contribution in [1.29, 1.82) is 0 Å². The lowest BCUT2D eigenvalue weighted by Crippen LogP contribution is -2.01. The van der Waals surface area contributed by atoms with E-state index in [0.29, 0.717) is 22.9 Å². The van der Waals surface area contributed by atoms with E-state index >= 15 is 0 Å². The van der Waals surface area contributed by atoms with Gasteiger partial charge in [0.25, 0.3) is 0 Å². The molecule has 1 heterocycles. The first-order chi connectivity index (χ1) is 13.2. The number of nitrogens with zero attached hydrogens (tertiary/aromatic N) is 2. The van der Waals surface area contributed by atoms with Gasteiger partial charge in [-0.25, -0.2) is 14.8 Å². The Balaban J connectivity index is 1.77. The average molecular weight is 356 g/mol. The molecule has 5 nitrogen and oxygen atoms in total. The van der Waals surface area contributed by atoms with Crippen molar-refractivity contribution < 1.29 is 14.3 Å². The van der Waals surface area contributed by atoms with E-state index in [-0.39, 0.29) is 0 Å². The molecular weight excluding hydrogens is 340 g/mol. The number of carbonyl (C=O) groups is 1. The van der Waals surface area contributed by atoms with Crippen LogP contribution in [-0.4, -0.2) is 23.0 Å². The maximum Gasteiger partial charge on any atom is 0.337 e. The van der Waals surface area contributed by atoms with Crippen molar-refractivity contribution in [3.8, 4) is 22.9 Å². The summed E-state index contributed by atoms with van der Waals surface area (Å²) >= 11 is 0. The van der Waals surface area contributed by atoms with Crippen LogP contribution in [0.2, 0.25) is 0 Å². The molecule has 27 heavy (non-hydrogen) atoms. The van der Waals surface area contributed by atoms with Gasteiger partial charge in [-0.05, 0) is 36.4 Å². The Hall–Kier alpha value is -3.73. The Bertz CT molecular complexity index is 1090. The van der Waals surface area contributed by atoms with E-state index in [1.54, 1.807) is 24.3 Å². The predicted molar refractivity (Wildman–Crippen MR) is 103 cm³/mol. The molecule has 0 spiro atoms. The summed E-state index contributed by atoms with van der Waals surface area (Å²) in [5, 5.41) is 0. The fourth-order valence-electron chi connectivity index (χ4n) is 2.73. The molecule has 4 aromatic rings. The highest BCUT2D eigenvalue weighted by molar-refractivity contribution is 5.89. The van der Waals surface area contributed by atoms with Crippen molar-refractivity contribution in [3.63, 3.8) is 0 Å². The Kier molecular flexibility index (Phi) is 4.49. The summed E-state index contributed by atoms with van der Waals surface area (Å²) in [6.07, 6.45) is 0. The zero-order chi connectivity index (χ0) is 18.6. The first-order valence-electron chi connectivity index (χ1n) is 8.43. The third-order valence-corrected chi connectivity index (χ3v) is 4.08. The molecule has 0 unspecified atom stereocenters. The molecule has 0 atom stereocenters. The first-order valence-corrected chi connectivity index (χ1v) is 8.43. The van der Waals surface area contributed by atoms with Gasteiger partial charge >= 0.3 is 5.97 Å². The molecular formula is C22H16N2O3. The van der Waals surface area contributed by atoms with Crippen molar-refractivity contribution in [1.82, 2.24) is 9.97 Å². The van der Waals surface area contributed by atoms with Gasteiger partial charge in [-0.3, -0.25) is 0 Å². The van der Waals surface area contributed by atoms with Gasteiger partial charge in [0, 0.05) is 5.56 Å². The van der Waals surface area contributed by atoms with Crippen LogP contribution < -0.4 is 4.74 Å². The summed E-state index contributed by atoms with van der Waals surface area (Å²) in [4.78, 5) is 21.0. The van der Waals surface area contributed by atoms with Crippen molar-refractivity contribution in [2.45, 2.75) is 0 Å². The van der Waals surface area contributed by atoms with Crippen molar-refractivity contribution >= 4 is 17.0 Å². The lowest BCUT2D eigenvalue weighted by molar-refractivity contribution is 0.0600. The van der Waals surface area contributed by atoms with Gasteiger partial charge in [0.2, 0.25) is 5.88 Å². The molecule has 0 bridgehead atoms. The number of para-hydroxylation sites is 2. The second kappa shape index (κ2) is 7.25. The van der Waals surface area contributed by atoms with Crippen LogP contribution in [0.1, 0.15) is 10.4 Å². The number of hydrogen-bond donors (Lipinski definition) is 0. The summed E-state index contributed by atoms with van der Waals surface area (Å²) in [5.41, 5.74) is 3.57.